The zero-order chi connectivity index (χ0) is 16.4. The van der Waals surface area contributed by atoms with Crippen LogP contribution in [0.4, 0.5) is 11.4 Å². The molecule has 22 heavy (non-hydrogen) atoms. The van der Waals surface area contributed by atoms with E-state index in [-0.39, 0.29) is 28.8 Å². The number of hydrogen-bond acceptors (Lipinski definition) is 5. The molecule has 1 saturated heterocycles. The Balaban J connectivity index is 2.20. The van der Waals surface area contributed by atoms with Crippen LogP contribution in [-0.4, -0.2) is 48.6 Å². The van der Waals surface area contributed by atoms with Crippen LogP contribution in [0.15, 0.2) is 18.2 Å². The van der Waals surface area contributed by atoms with Gasteiger partial charge in [-0.2, -0.15) is 0 Å². The Morgan fingerprint density at radius 1 is 1.41 bits per heavy atom. The molecule has 1 fully saturated rings. The third-order valence-electron chi connectivity index (χ3n) is 3.16. The number of halogens is 1. The van der Waals surface area contributed by atoms with Gasteiger partial charge in [-0.05, 0) is 24.6 Å². The van der Waals surface area contributed by atoms with Crippen molar-refractivity contribution >= 4 is 43.0 Å². The standard InChI is InChI=1S/C12H17ClN2O5S2/c1-20-6-8-21(16,17)14-12-4-3-10(9-11(12)13)15-5-2-7-22(15,18)19/h3-4,9,14H,2,5-8H2,1H3. The van der Waals surface area contributed by atoms with Gasteiger partial charge in [0, 0.05) is 13.7 Å². The van der Waals surface area contributed by atoms with Gasteiger partial charge in [0.25, 0.3) is 0 Å². The maximum absolute atomic E-state index is 11.9. The molecule has 2 rings (SSSR count). The summed E-state index contributed by atoms with van der Waals surface area (Å²) in [4.78, 5) is 0. The van der Waals surface area contributed by atoms with Crippen molar-refractivity contribution in [3.63, 3.8) is 0 Å². The van der Waals surface area contributed by atoms with Crippen molar-refractivity contribution in [2.75, 3.05) is 40.8 Å². The van der Waals surface area contributed by atoms with Gasteiger partial charge in [0.1, 0.15) is 0 Å². The number of anilines is 2. The van der Waals surface area contributed by atoms with Gasteiger partial charge in [-0.1, -0.05) is 11.6 Å². The first-order chi connectivity index (χ1) is 10.2. The lowest BCUT2D eigenvalue weighted by Crippen LogP contribution is -2.25. The van der Waals surface area contributed by atoms with Gasteiger partial charge in [0.15, 0.2) is 0 Å². The van der Waals surface area contributed by atoms with Crippen molar-refractivity contribution in [3.05, 3.63) is 23.2 Å². The molecule has 1 heterocycles. The zero-order valence-corrected chi connectivity index (χ0v) is 14.3. The molecule has 10 heteroatoms. The van der Waals surface area contributed by atoms with Crippen molar-refractivity contribution in [1.82, 2.24) is 0 Å². The van der Waals surface area contributed by atoms with Crippen molar-refractivity contribution in [1.29, 1.82) is 0 Å². The zero-order valence-electron chi connectivity index (χ0n) is 12.0. The minimum Gasteiger partial charge on any atom is -0.384 e. The summed E-state index contributed by atoms with van der Waals surface area (Å²) in [5.41, 5.74) is 0.639. The summed E-state index contributed by atoms with van der Waals surface area (Å²) in [6.07, 6.45) is 0.561. The monoisotopic (exact) mass is 368 g/mol. The Kier molecular flexibility index (Phi) is 5.21. The van der Waals surface area contributed by atoms with Crippen LogP contribution in [0.3, 0.4) is 0 Å². The van der Waals surface area contributed by atoms with E-state index in [4.69, 9.17) is 16.3 Å². The van der Waals surface area contributed by atoms with Crippen LogP contribution >= 0.6 is 11.6 Å². The molecule has 1 aliphatic heterocycles. The second-order valence-electron chi connectivity index (χ2n) is 4.82. The lowest BCUT2D eigenvalue weighted by molar-refractivity contribution is 0.217. The fraction of sp³-hybridized carbons (Fsp3) is 0.500. The molecular formula is C12H17ClN2O5S2. The van der Waals surface area contributed by atoms with Crippen LogP contribution in [0.5, 0.6) is 0 Å². The van der Waals surface area contributed by atoms with Crippen molar-refractivity contribution < 1.29 is 21.6 Å². The Morgan fingerprint density at radius 2 is 2.14 bits per heavy atom. The van der Waals surface area contributed by atoms with Crippen LogP contribution in [0.25, 0.3) is 0 Å². The minimum atomic E-state index is -3.57. The topological polar surface area (TPSA) is 92.8 Å². The minimum absolute atomic E-state index is 0.0665. The van der Waals surface area contributed by atoms with Crippen LogP contribution < -0.4 is 9.03 Å². The summed E-state index contributed by atoms with van der Waals surface area (Å²) in [6.45, 7) is 0.467. The largest absolute Gasteiger partial charge is 0.384 e. The van der Waals surface area contributed by atoms with Gasteiger partial charge >= 0.3 is 0 Å². The van der Waals surface area contributed by atoms with E-state index in [1.54, 1.807) is 0 Å². The molecule has 1 aromatic carbocycles. The maximum Gasteiger partial charge on any atom is 0.235 e. The predicted molar refractivity (Wildman–Crippen MR) is 86.5 cm³/mol. The first kappa shape index (κ1) is 17.3. The number of ether oxygens (including phenoxy) is 1. The summed E-state index contributed by atoms with van der Waals surface area (Å²) in [5, 5.41) is 0.139. The van der Waals surface area contributed by atoms with Crippen LogP contribution in [0.1, 0.15) is 6.42 Å². The van der Waals surface area contributed by atoms with E-state index in [2.05, 4.69) is 4.72 Å². The molecule has 0 saturated carbocycles. The van der Waals surface area contributed by atoms with Gasteiger partial charge in [0.05, 0.1) is 34.5 Å². The molecule has 0 unspecified atom stereocenters. The molecule has 0 amide bonds. The number of sulfonamides is 2. The SMILES string of the molecule is COCCS(=O)(=O)Nc1ccc(N2CCCS2(=O)=O)cc1Cl. The molecule has 0 aliphatic carbocycles. The molecule has 1 N–H and O–H groups in total. The molecular weight excluding hydrogens is 352 g/mol. The first-order valence-electron chi connectivity index (χ1n) is 6.54. The Hall–Kier alpha value is -1.03. The highest BCUT2D eigenvalue weighted by atomic mass is 35.5. The van der Waals surface area contributed by atoms with Gasteiger partial charge < -0.3 is 4.74 Å². The lowest BCUT2D eigenvalue weighted by atomic mass is 10.3. The van der Waals surface area contributed by atoms with Crippen molar-refractivity contribution in [2.45, 2.75) is 6.42 Å². The molecule has 124 valence electrons. The highest BCUT2D eigenvalue weighted by Gasteiger charge is 2.28. The first-order valence-corrected chi connectivity index (χ1v) is 10.2. The molecule has 0 aromatic heterocycles. The van der Waals surface area contributed by atoms with Crippen molar-refractivity contribution in [2.24, 2.45) is 0 Å². The smallest absolute Gasteiger partial charge is 0.235 e. The van der Waals surface area contributed by atoms with Crippen LogP contribution in [0, 0.1) is 0 Å². The lowest BCUT2D eigenvalue weighted by Gasteiger charge is -2.18. The Bertz CT molecular complexity index is 749. The Labute approximate surface area is 135 Å². The van der Waals surface area contributed by atoms with E-state index in [1.807, 2.05) is 0 Å². The quantitative estimate of drug-likeness (QED) is 0.816. The summed E-state index contributed by atoms with van der Waals surface area (Å²) >= 11 is 6.06. The summed E-state index contributed by atoms with van der Waals surface area (Å²) in [7, 11) is -5.45. The van der Waals surface area contributed by atoms with Crippen molar-refractivity contribution in [3.8, 4) is 0 Å². The van der Waals surface area contributed by atoms with E-state index in [0.717, 1.165) is 0 Å². The normalized spacial score (nSPS) is 17.6. The number of hydrogen-bond donors (Lipinski definition) is 1. The van der Waals surface area contributed by atoms with E-state index >= 15 is 0 Å². The second kappa shape index (κ2) is 6.61. The van der Waals surface area contributed by atoms with E-state index in [1.165, 1.54) is 29.6 Å². The summed E-state index contributed by atoms with van der Waals surface area (Å²) < 4.78 is 55.7. The van der Waals surface area contributed by atoms with Gasteiger partial charge in [-0.3, -0.25) is 9.03 Å². The number of methoxy groups -OCH3 is 1. The van der Waals surface area contributed by atoms with E-state index in [9.17, 15) is 16.8 Å². The van der Waals surface area contributed by atoms with Crippen LogP contribution in [0.2, 0.25) is 5.02 Å². The number of rotatable bonds is 6. The molecule has 1 aliphatic rings. The third-order valence-corrected chi connectivity index (χ3v) is 6.58. The highest BCUT2D eigenvalue weighted by molar-refractivity contribution is 7.93. The van der Waals surface area contributed by atoms with Crippen LogP contribution in [-0.2, 0) is 24.8 Å². The van der Waals surface area contributed by atoms with Gasteiger partial charge in [-0.15, -0.1) is 0 Å². The second-order valence-corrected chi connectivity index (χ2v) is 9.08. The molecule has 1 aromatic rings. The molecule has 7 nitrogen and oxygen atoms in total. The van der Waals surface area contributed by atoms with E-state index < -0.39 is 20.0 Å². The average Bonchev–Trinajstić information content (AvgIpc) is 2.78. The molecule has 0 radical (unpaired) electrons. The molecule has 0 bridgehead atoms. The number of benzene rings is 1. The average molecular weight is 369 g/mol. The Morgan fingerprint density at radius 3 is 2.68 bits per heavy atom. The number of nitrogens with zero attached hydrogens (tertiary/aromatic N) is 1. The van der Waals surface area contributed by atoms with Gasteiger partial charge in [-0.25, -0.2) is 16.8 Å². The number of nitrogens with one attached hydrogen (secondary N) is 1. The summed E-state index contributed by atoms with van der Waals surface area (Å²) in [6, 6.07) is 4.43. The molecule has 0 spiro atoms. The van der Waals surface area contributed by atoms with E-state index in [0.29, 0.717) is 18.7 Å². The van der Waals surface area contributed by atoms with Gasteiger partial charge in [0.2, 0.25) is 20.0 Å². The fourth-order valence-electron chi connectivity index (χ4n) is 2.08. The molecule has 0 atom stereocenters. The summed E-state index contributed by atoms with van der Waals surface area (Å²) in [5.74, 6) is -0.0852. The third kappa shape index (κ3) is 4.03. The highest BCUT2D eigenvalue weighted by Crippen LogP contribution is 2.31. The predicted octanol–water partition coefficient (Wildman–Crippen LogP) is 1.27. The maximum atomic E-state index is 11.9. The fourth-order valence-corrected chi connectivity index (χ4v) is 4.92.